The van der Waals surface area contributed by atoms with Crippen LogP contribution in [0.1, 0.15) is 20.3 Å². The molecule has 2 aromatic heterocycles. The van der Waals surface area contributed by atoms with Gasteiger partial charge in [-0.2, -0.15) is 5.10 Å². The number of urea groups is 1. The molecule has 0 aliphatic rings. The number of hydrogen-bond donors (Lipinski definition) is 2. The summed E-state index contributed by atoms with van der Waals surface area (Å²) in [5.41, 5.74) is 0.691. The van der Waals surface area contributed by atoms with Crippen LogP contribution in [0, 0.1) is 5.92 Å². The Morgan fingerprint density at radius 2 is 2.00 bits per heavy atom. The van der Waals surface area contributed by atoms with Crippen LogP contribution in [-0.4, -0.2) is 20.8 Å². The Bertz CT molecular complexity index is 550. The van der Waals surface area contributed by atoms with E-state index in [4.69, 9.17) is 0 Å². The normalized spacial score (nSPS) is 10.6. The first-order valence-corrected chi connectivity index (χ1v) is 6.65. The number of amides is 2. The highest BCUT2D eigenvalue weighted by atomic mass is 16.2. The second-order valence-corrected chi connectivity index (χ2v) is 4.96. The largest absolute Gasteiger partial charge is 0.324 e. The van der Waals surface area contributed by atoms with Crippen molar-refractivity contribution in [3.05, 3.63) is 36.8 Å². The minimum Gasteiger partial charge on any atom is -0.308 e. The Kier molecular flexibility index (Phi) is 4.70. The zero-order chi connectivity index (χ0) is 14.4. The molecule has 2 N–H and O–H groups in total. The van der Waals surface area contributed by atoms with Gasteiger partial charge in [-0.15, -0.1) is 0 Å². The van der Waals surface area contributed by atoms with Crippen LogP contribution >= 0.6 is 0 Å². The van der Waals surface area contributed by atoms with Crippen LogP contribution in [0.15, 0.2) is 36.8 Å². The Balaban J connectivity index is 1.85. The van der Waals surface area contributed by atoms with Gasteiger partial charge in [0.05, 0.1) is 0 Å². The fraction of sp³-hybridized carbons (Fsp3) is 0.357. The van der Waals surface area contributed by atoms with Gasteiger partial charge in [0, 0.05) is 36.9 Å². The number of aromatic nitrogens is 3. The highest BCUT2D eigenvalue weighted by molar-refractivity contribution is 5.98. The van der Waals surface area contributed by atoms with Crippen LogP contribution in [0.2, 0.25) is 0 Å². The van der Waals surface area contributed by atoms with E-state index in [2.05, 4.69) is 34.6 Å². The molecule has 0 spiro atoms. The molecule has 2 heterocycles. The lowest BCUT2D eigenvalue weighted by atomic mass is 10.1. The summed E-state index contributed by atoms with van der Waals surface area (Å²) in [6.07, 6.45) is 6.17. The number of nitrogens with one attached hydrogen (secondary N) is 2. The van der Waals surface area contributed by atoms with Crippen molar-refractivity contribution in [1.29, 1.82) is 0 Å². The summed E-state index contributed by atoms with van der Waals surface area (Å²) in [5, 5.41) is 9.70. The third-order valence-electron chi connectivity index (χ3n) is 2.76. The van der Waals surface area contributed by atoms with Crippen LogP contribution in [0.3, 0.4) is 0 Å². The van der Waals surface area contributed by atoms with Gasteiger partial charge in [0.25, 0.3) is 0 Å². The zero-order valence-electron chi connectivity index (χ0n) is 11.7. The van der Waals surface area contributed by atoms with Gasteiger partial charge in [0.2, 0.25) is 0 Å². The third-order valence-corrected chi connectivity index (χ3v) is 2.76. The van der Waals surface area contributed by atoms with E-state index in [-0.39, 0.29) is 6.03 Å². The first kappa shape index (κ1) is 14.0. The molecule has 0 aliphatic carbocycles. The number of carbonyl (C=O) groups excluding carboxylic acids is 1. The van der Waals surface area contributed by atoms with Crippen LogP contribution in [0.4, 0.5) is 16.3 Å². The average molecular weight is 273 g/mol. The van der Waals surface area contributed by atoms with Crippen molar-refractivity contribution in [3.63, 3.8) is 0 Å². The molecule has 6 heteroatoms. The Morgan fingerprint density at radius 1 is 1.25 bits per heavy atom. The fourth-order valence-corrected chi connectivity index (χ4v) is 1.66. The molecular formula is C14H19N5O. The molecule has 0 saturated heterocycles. The van der Waals surface area contributed by atoms with Gasteiger partial charge >= 0.3 is 6.03 Å². The zero-order valence-corrected chi connectivity index (χ0v) is 11.7. The quantitative estimate of drug-likeness (QED) is 0.879. The lowest BCUT2D eigenvalue weighted by molar-refractivity contribution is 0.262. The first-order chi connectivity index (χ1) is 9.63. The van der Waals surface area contributed by atoms with Crippen LogP contribution in [0.25, 0.3) is 0 Å². The molecule has 0 saturated carbocycles. The second-order valence-electron chi connectivity index (χ2n) is 4.96. The highest BCUT2D eigenvalue weighted by Gasteiger charge is 2.05. The molecule has 2 amide bonds. The highest BCUT2D eigenvalue weighted by Crippen LogP contribution is 2.08. The first-order valence-electron chi connectivity index (χ1n) is 6.65. The Morgan fingerprint density at radius 3 is 2.70 bits per heavy atom. The van der Waals surface area contributed by atoms with E-state index in [1.807, 2.05) is 10.9 Å². The van der Waals surface area contributed by atoms with Gasteiger partial charge in [-0.05, 0) is 24.5 Å². The van der Waals surface area contributed by atoms with Gasteiger partial charge in [-0.1, -0.05) is 13.8 Å². The summed E-state index contributed by atoms with van der Waals surface area (Å²) in [6, 6.07) is 4.92. The summed E-state index contributed by atoms with van der Waals surface area (Å²) in [4.78, 5) is 15.7. The average Bonchev–Trinajstić information content (AvgIpc) is 2.85. The number of hydrogen-bond acceptors (Lipinski definition) is 3. The van der Waals surface area contributed by atoms with Crippen molar-refractivity contribution in [3.8, 4) is 0 Å². The van der Waals surface area contributed by atoms with Crippen molar-refractivity contribution >= 4 is 17.5 Å². The fourth-order valence-electron chi connectivity index (χ4n) is 1.66. The number of carbonyl (C=O) groups is 1. The Hall–Kier alpha value is -2.37. The molecular weight excluding hydrogens is 254 g/mol. The lowest BCUT2D eigenvalue weighted by Gasteiger charge is -2.06. The predicted molar refractivity (Wildman–Crippen MR) is 78.6 cm³/mol. The smallest absolute Gasteiger partial charge is 0.308 e. The van der Waals surface area contributed by atoms with E-state index in [0.717, 1.165) is 13.0 Å². The lowest BCUT2D eigenvalue weighted by Crippen LogP contribution is -2.19. The van der Waals surface area contributed by atoms with Gasteiger partial charge in [-0.3, -0.25) is 15.0 Å². The van der Waals surface area contributed by atoms with E-state index >= 15 is 0 Å². The minimum absolute atomic E-state index is 0.315. The monoisotopic (exact) mass is 273 g/mol. The summed E-state index contributed by atoms with van der Waals surface area (Å²) < 4.78 is 1.84. The van der Waals surface area contributed by atoms with Crippen LogP contribution in [-0.2, 0) is 6.54 Å². The maximum Gasteiger partial charge on any atom is 0.324 e. The molecule has 0 aliphatic heterocycles. The number of rotatable bonds is 5. The molecule has 0 unspecified atom stereocenters. The van der Waals surface area contributed by atoms with Crippen molar-refractivity contribution in [2.24, 2.45) is 5.92 Å². The molecule has 2 aromatic rings. The maximum atomic E-state index is 11.8. The summed E-state index contributed by atoms with van der Waals surface area (Å²) in [7, 11) is 0. The van der Waals surface area contributed by atoms with Crippen LogP contribution in [0.5, 0.6) is 0 Å². The topological polar surface area (TPSA) is 71.8 Å². The standard InChI is InChI=1S/C14H19N5O/c1-11(2)5-9-19-10-6-13(18-19)17-14(20)16-12-3-7-15-8-4-12/h3-4,6-8,10-11H,5,9H2,1-2H3,(H2,15,16,17,18,20). The second kappa shape index (κ2) is 6.70. The Labute approximate surface area is 118 Å². The summed E-state index contributed by atoms with van der Waals surface area (Å²) in [5.74, 6) is 1.17. The molecule has 2 rings (SSSR count). The maximum absolute atomic E-state index is 11.8. The minimum atomic E-state index is -0.315. The van der Waals surface area contributed by atoms with Gasteiger partial charge < -0.3 is 5.32 Å². The molecule has 20 heavy (non-hydrogen) atoms. The van der Waals surface area contributed by atoms with Crippen molar-refractivity contribution in [2.75, 3.05) is 10.6 Å². The van der Waals surface area contributed by atoms with Crippen LogP contribution < -0.4 is 10.6 Å². The summed E-state index contributed by atoms with van der Waals surface area (Å²) in [6.45, 7) is 5.20. The predicted octanol–water partition coefficient (Wildman–Crippen LogP) is 2.97. The van der Waals surface area contributed by atoms with Crippen molar-refractivity contribution < 1.29 is 4.79 Å². The van der Waals surface area contributed by atoms with Gasteiger partial charge in [-0.25, -0.2) is 4.79 Å². The molecule has 0 atom stereocenters. The molecule has 6 nitrogen and oxygen atoms in total. The van der Waals surface area contributed by atoms with E-state index in [1.54, 1.807) is 30.6 Å². The SMILES string of the molecule is CC(C)CCn1ccc(NC(=O)Nc2ccncc2)n1. The van der Waals surface area contributed by atoms with E-state index < -0.39 is 0 Å². The molecule has 0 bridgehead atoms. The van der Waals surface area contributed by atoms with E-state index in [0.29, 0.717) is 17.4 Å². The molecule has 0 fully saturated rings. The van der Waals surface area contributed by atoms with Gasteiger partial charge in [0.15, 0.2) is 5.82 Å². The summed E-state index contributed by atoms with van der Waals surface area (Å²) >= 11 is 0. The molecule has 0 radical (unpaired) electrons. The van der Waals surface area contributed by atoms with Gasteiger partial charge in [0.1, 0.15) is 0 Å². The molecule has 0 aromatic carbocycles. The van der Waals surface area contributed by atoms with E-state index in [1.165, 1.54) is 0 Å². The third kappa shape index (κ3) is 4.38. The molecule has 106 valence electrons. The number of anilines is 2. The number of nitrogens with zero attached hydrogens (tertiary/aromatic N) is 3. The van der Waals surface area contributed by atoms with E-state index in [9.17, 15) is 4.79 Å². The number of aryl methyl sites for hydroxylation is 1. The van der Waals surface area contributed by atoms with Crippen molar-refractivity contribution in [2.45, 2.75) is 26.8 Å². The number of pyridine rings is 1. The van der Waals surface area contributed by atoms with Crippen molar-refractivity contribution in [1.82, 2.24) is 14.8 Å².